The minimum Gasteiger partial charge on any atom is -0.383 e. The molecule has 142 valence electrons. The van der Waals surface area contributed by atoms with Crippen LogP contribution in [0.4, 0.5) is 0 Å². The highest BCUT2D eigenvalue weighted by Crippen LogP contribution is 2.24. The molecule has 0 atom stereocenters. The molecule has 0 aliphatic heterocycles. The van der Waals surface area contributed by atoms with Crippen LogP contribution in [0.25, 0.3) is 11.4 Å². The Kier molecular flexibility index (Phi) is 8.57. The second-order valence-electron chi connectivity index (χ2n) is 5.86. The van der Waals surface area contributed by atoms with Crippen molar-refractivity contribution < 1.29 is 9.53 Å². The third kappa shape index (κ3) is 5.54. The standard InChI is InChI=1S/C18H27N5O2S/c1-4-10-22(11-5-2)16(24)14-26-18-21-20-17(23(18)12-13-25-3)15-6-8-19-9-7-15/h6-9H,4-5,10-14H2,1-3H3. The maximum Gasteiger partial charge on any atom is 0.233 e. The molecule has 1 amide bonds. The van der Waals surface area contributed by atoms with E-state index in [1.54, 1.807) is 19.5 Å². The number of nitrogens with zero attached hydrogens (tertiary/aromatic N) is 5. The zero-order valence-electron chi connectivity index (χ0n) is 15.7. The van der Waals surface area contributed by atoms with Crippen LogP contribution < -0.4 is 0 Å². The molecule has 0 aliphatic rings. The Hall–Kier alpha value is -1.93. The summed E-state index contributed by atoms with van der Waals surface area (Å²) in [5.74, 6) is 1.27. The predicted octanol–water partition coefficient (Wildman–Crippen LogP) is 2.73. The molecule has 2 heterocycles. The summed E-state index contributed by atoms with van der Waals surface area (Å²) in [4.78, 5) is 18.5. The minimum absolute atomic E-state index is 0.144. The van der Waals surface area contributed by atoms with Gasteiger partial charge in [0.15, 0.2) is 11.0 Å². The molecule has 0 N–H and O–H groups in total. The molecular weight excluding hydrogens is 350 g/mol. The van der Waals surface area contributed by atoms with Gasteiger partial charge in [0.05, 0.1) is 18.9 Å². The highest BCUT2D eigenvalue weighted by Gasteiger charge is 2.17. The zero-order valence-corrected chi connectivity index (χ0v) is 16.5. The molecule has 0 fully saturated rings. The Balaban J connectivity index is 2.13. The number of pyridine rings is 1. The maximum absolute atomic E-state index is 12.5. The third-order valence-corrected chi connectivity index (χ3v) is 4.79. The second kappa shape index (κ2) is 10.9. The van der Waals surface area contributed by atoms with E-state index in [0.717, 1.165) is 42.5 Å². The molecule has 0 saturated carbocycles. The number of methoxy groups -OCH3 is 1. The third-order valence-electron chi connectivity index (χ3n) is 3.84. The van der Waals surface area contributed by atoms with Crippen LogP contribution in [0.5, 0.6) is 0 Å². The molecular formula is C18H27N5O2S. The molecule has 0 saturated heterocycles. The Morgan fingerprint density at radius 3 is 2.50 bits per heavy atom. The first kappa shape index (κ1) is 20.4. The number of carbonyl (C=O) groups excluding carboxylic acids is 1. The number of amides is 1. The number of ether oxygens (including phenoxy) is 1. The lowest BCUT2D eigenvalue weighted by Crippen LogP contribution is -2.33. The lowest BCUT2D eigenvalue weighted by atomic mass is 10.2. The van der Waals surface area contributed by atoms with Crippen molar-refractivity contribution in [1.82, 2.24) is 24.6 Å². The number of carbonyl (C=O) groups is 1. The molecule has 8 heteroatoms. The quantitative estimate of drug-likeness (QED) is 0.561. The van der Waals surface area contributed by atoms with E-state index in [0.29, 0.717) is 18.9 Å². The van der Waals surface area contributed by atoms with Crippen LogP contribution in [0, 0.1) is 0 Å². The molecule has 0 bridgehead atoms. The average Bonchev–Trinajstić information content (AvgIpc) is 3.07. The summed E-state index contributed by atoms with van der Waals surface area (Å²) in [6.45, 7) is 6.95. The largest absolute Gasteiger partial charge is 0.383 e. The summed E-state index contributed by atoms with van der Waals surface area (Å²) < 4.78 is 7.22. The van der Waals surface area contributed by atoms with Crippen LogP contribution in [-0.2, 0) is 16.1 Å². The van der Waals surface area contributed by atoms with E-state index < -0.39 is 0 Å². The fraction of sp³-hybridized carbons (Fsp3) is 0.556. The SMILES string of the molecule is CCCN(CCC)C(=O)CSc1nnc(-c2ccncc2)n1CCOC. The highest BCUT2D eigenvalue weighted by molar-refractivity contribution is 7.99. The summed E-state index contributed by atoms with van der Waals surface area (Å²) in [6.07, 6.45) is 5.39. The van der Waals surface area contributed by atoms with Gasteiger partial charge in [0.2, 0.25) is 5.91 Å². The van der Waals surface area contributed by atoms with E-state index in [1.165, 1.54) is 11.8 Å². The van der Waals surface area contributed by atoms with Crippen molar-refractivity contribution in [2.45, 2.75) is 38.4 Å². The van der Waals surface area contributed by atoms with Gasteiger partial charge in [-0.2, -0.15) is 0 Å². The van der Waals surface area contributed by atoms with E-state index in [1.807, 2.05) is 21.6 Å². The normalized spacial score (nSPS) is 10.9. The van der Waals surface area contributed by atoms with Gasteiger partial charge >= 0.3 is 0 Å². The fourth-order valence-electron chi connectivity index (χ4n) is 2.61. The molecule has 0 unspecified atom stereocenters. The van der Waals surface area contributed by atoms with E-state index >= 15 is 0 Å². The summed E-state index contributed by atoms with van der Waals surface area (Å²) >= 11 is 1.43. The van der Waals surface area contributed by atoms with E-state index in [-0.39, 0.29) is 5.91 Å². The van der Waals surface area contributed by atoms with Crippen molar-refractivity contribution in [3.8, 4) is 11.4 Å². The minimum atomic E-state index is 0.144. The first-order chi connectivity index (χ1) is 12.7. The molecule has 2 rings (SSSR count). The Morgan fingerprint density at radius 1 is 1.19 bits per heavy atom. The van der Waals surface area contributed by atoms with Gasteiger partial charge in [-0.15, -0.1) is 10.2 Å². The van der Waals surface area contributed by atoms with Gasteiger partial charge in [0.1, 0.15) is 0 Å². The molecule has 0 aliphatic carbocycles. The maximum atomic E-state index is 12.5. The summed E-state index contributed by atoms with van der Waals surface area (Å²) in [5.41, 5.74) is 0.945. The molecule has 0 radical (unpaired) electrons. The van der Waals surface area contributed by atoms with E-state index in [9.17, 15) is 4.79 Å². The number of hydrogen-bond acceptors (Lipinski definition) is 6. The molecule has 0 spiro atoms. The van der Waals surface area contributed by atoms with Crippen LogP contribution in [0.15, 0.2) is 29.7 Å². The summed E-state index contributed by atoms with van der Waals surface area (Å²) in [6, 6.07) is 3.80. The van der Waals surface area contributed by atoms with Gasteiger partial charge < -0.3 is 9.64 Å². The van der Waals surface area contributed by atoms with Crippen LogP contribution in [0.2, 0.25) is 0 Å². The second-order valence-corrected chi connectivity index (χ2v) is 6.80. The van der Waals surface area contributed by atoms with Crippen molar-refractivity contribution in [2.24, 2.45) is 0 Å². The van der Waals surface area contributed by atoms with Gasteiger partial charge in [0, 0.05) is 38.2 Å². The Bertz CT molecular complexity index is 671. The molecule has 2 aromatic rings. The number of thioether (sulfide) groups is 1. The molecule has 26 heavy (non-hydrogen) atoms. The smallest absolute Gasteiger partial charge is 0.233 e. The molecule has 0 aromatic carbocycles. The van der Waals surface area contributed by atoms with Crippen LogP contribution in [-0.4, -0.2) is 63.1 Å². The highest BCUT2D eigenvalue weighted by atomic mass is 32.2. The lowest BCUT2D eigenvalue weighted by molar-refractivity contribution is -0.128. The van der Waals surface area contributed by atoms with Crippen LogP contribution >= 0.6 is 11.8 Å². The average molecular weight is 378 g/mol. The first-order valence-electron chi connectivity index (χ1n) is 8.94. The number of rotatable bonds is 11. The lowest BCUT2D eigenvalue weighted by Gasteiger charge is -2.21. The van der Waals surface area contributed by atoms with Crippen LogP contribution in [0.3, 0.4) is 0 Å². The van der Waals surface area contributed by atoms with Crippen molar-refractivity contribution in [3.05, 3.63) is 24.5 Å². The van der Waals surface area contributed by atoms with Crippen molar-refractivity contribution >= 4 is 17.7 Å². The van der Waals surface area contributed by atoms with Crippen molar-refractivity contribution in [1.29, 1.82) is 0 Å². The van der Waals surface area contributed by atoms with Crippen molar-refractivity contribution in [3.63, 3.8) is 0 Å². The summed E-state index contributed by atoms with van der Waals surface area (Å²) in [7, 11) is 1.67. The zero-order chi connectivity index (χ0) is 18.8. The van der Waals surface area contributed by atoms with Crippen molar-refractivity contribution in [2.75, 3.05) is 32.6 Å². The van der Waals surface area contributed by atoms with Gasteiger partial charge in [-0.25, -0.2) is 0 Å². The molecule has 7 nitrogen and oxygen atoms in total. The van der Waals surface area contributed by atoms with Crippen LogP contribution in [0.1, 0.15) is 26.7 Å². The van der Waals surface area contributed by atoms with E-state index in [4.69, 9.17) is 4.74 Å². The monoisotopic (exact) mass is 377 g/mol. The number of aromatic nitrogens is 4. The van der Waals surface area contributed by atoms with E-state index in [2.05, 4.69) is 29.0 Å². The van der Waals surface area contributed by atoms with Gasteiger partial charge in [0.25, 0.3) is 0 Å². The first-order valence-corrected chi connectivity index (χ1v) is 9.92. The molecule has 2 aromatic heterocycles. The van der Waals surface area contributed by atoms with Gasteiger partial charge in [-0.3, -0.25) is 14.3 Å². The summed E-state index contributed by atoms with van der Waals surface area (Å²) in [5, 5.41) is 9.35. The number of hydrogen-bond donors (Lipinski definition) is 0. The fourth-order valence-corrected chi connectivity index (χ4v) is 3.48. The topological polar surface area (TPSA) is 73.1 Å². The Labute approximate surface area is 159 Å². The predicted molar refractivity (Wildman–Crippen MR) is 103 cm³/mol. The van der Waals surface area contributed by atoms with Gasteiger partial charge in [-0.1, -0.05) is 25.6 Å². The Morgan fingerprint density at radius 2 is 1.88 bits per heavy atom. The van der Waals surface area contributed by atoms with Gasteiger partial charge in [-0.05, 0) is 25.0 Å².